The van der Waals surface area contributed by atoms with Gasteiger partial charge in [0, 0.05) is 17.4 Å². The number of aryl methyl sites for hydroxylation is 1. The SMILES string of the molecule is Cc1ccc2ccn(CC(=O)Nc3cccc(F)c3)c2c1. The van der Waals surface area contributed by atoms with Crippen LogP contribution in [0.5, 0.6) is 0 Å². The van der Waals surface area contributed by atoms with Gasteiger partial charge in [-0.05, 0) is 48.2 Å². The van der Waals surface area contributed by atoms with Gasteiger partial charge in [-0.15, -0.1) is 0 Å². The van der Waals surface area contributed by atoms with E-state index in [2.05, 4.69) is 5.32 Å². The number of hydrogen-bond donors (Lipinski definition) is 1. The maximum atomic E-state index is 13.1. The van der Waals surface area contributed by atoms with Gasteiger partial charge in [-0.1, -0.05) is 18.2 Å². The Morgan fingerprint density at radius 2 is 2.05 bits per heavy atom. The average Bonchev–Trinajstić information content (AvgIpc) is 2.81. The van der Waals surface area contributed by atoms with Crippen molar-refractivity contribution in [2.75, 3.05) is 5.32 Å². The summed E-state index contributed by atoms with van der Waals surface area (Å²) in [6.07, 6.45) is 1.88. The van der Waals surface area contributed by atoms with Gasteiger partial charge in [0.25, 0.3) is 0 Å². The summed E-state index contributed by atoms with van der Waals surface area (Å²) in [5.74, 6) is -0.547. The Hall–Kier alpha value is -2.62. The van der Waals surface area contributed by atoms with E-state index < -0.39 is 0 Å². The normalized spacial score (nSPS) is 10.8. The van der Waals surface area contributed by atoms with Gasteiger partial charge in [0.15, 0.2) is 0 Å². The number of fused-ring (bicyclic) bond motifs is 1. The number of anilines is 1. The number of halogens is 1. The molecule has 21 heavy (non-hydrogen) atoms. The summed E-state index contributed by atoms with van der Waals surface area (Å²) < 4.78 is 15.0. The van der Waals surface area contributed by atoms with Crippen LogP contribution in [0.15, 0.2) is 54.7 Å². The fourth-order valence-corrected chi connectivity index (χ4v) is 2.35. The first kappa shape index (κ1) is 13.4. The monoisotopic (exact) mass is 282 g/mol. The minimum atomic E-state index is -0.366. The van der Waals surface area contributed by atoms with Crippen LogP contribution in [0.2, 0.25) is 0 Å². The number of amides is 1. The third-order valence-corrected chi connectivity index (χ3v) is 3.35. The molecule has 0 aliphatic carbocycles. The summed E-state index contributed by atoms with van der Waals surface area (Å²) >= 11 is 0. The Labute approximate surface area is 122 Å². The molecule has 0 aliphatic heterocycles. The molecule has 3 rings (SSSR count). The van der Waals surface area contributed by atoms with Crippen LogP contribution in [0.3, 0.4) is 0 Å². The lowest BCUT2D eigenvalue weighted by molar-refractivity contribution is -0.116. The topological polar surface area (TPSA) is 34.0 Å². The molecule has 0 saturated heterocycles. The van der Waals surface area contributed by atoms with Crippen molar-refractivity contribution in [3.63, 3.8) is 0 Å². The number of benzene rings is 2. The Balaban J connectivity index is 1.79. The first-order valence-electron chi connectivity index (χ1n) is 6.73. The molecule has 0 fully saturated rings. The molecule has 3 aromatic rings. The fourth-order valence-electron chi connectivity index (χ4n) is 2.35. The Morgan fingerprint density at radius 3 is 2.86 bits per heavy atom. The van der Waals surface area contributed by atoms with E-state index in [9.17, 15) is 9.18 Å². The standard InChI is InChI=1S/C17H15FN2O/c1-12-5-6-13-7-8-20(16(13)9-12)11-17(21)19-15-4-2-3-14(18)10-15/h2-10H,11H2,1H3,(H,19,21). The molecule has 0 atom stereocenters. The molecular formula is C17H15FN2O. The van der Waals surface area contributed by atoms with Gasteiger partial charge in [0.1, 0.15) is 12.4 Å². The van der Waals surface area contributed by atoms with E-state index in [1.54, 1.807) is 12.1 Å². The second-order valence-electron chi connectivity index (χ2n) is 5.06. The maximum Gasteiger partial charge on any atom is 0.244 e. The van der Waals surface area contributed by atoms with Crippen molar-refractivity contribution in [3.05, 3.63) is 66.1 Å². The number of nitrogens with one attached hydrogen (secondary N) is 1. The summed E-state index contributed by atoms with van der Waals surface area (Å²) in [5, 5.41) is 3.80. The van der Waals surface area contributed by atoms with E-state index in [0.717, 1.165) is 16.5 Å². The van der Waals surface area contributed by atoms with Gasteiger partial charge < -0.3 is 9.88 Å². The van der Waals surface area contributed by atoms with Crippen molar-refractivity contribution in [2.45, 2.75) is 13.5 Å². The van der Waals surface area contributed by atoms with Crippen molar-refractivity contribution >= 4 is 22.5 Å². The fraction of sp³-hybridized carbons (Fsp3) is 0.118. The molecule has 0 aliphatic rings. The van der Waals surface area contributed by atoms with E-state index >= 15 is 0 Å². The molecule has 1 amide bonds. The number of hydrogen-bond acceptors (Lipinski definition) is 1. The average molecular weight is 282 g/mol. The predicted octanol–water partition coefficient (Wildman–Crippen LogP) is 3.73. The van der Waals surface area contributed by atoms with Crippen LogP contribution in [0.1, 0.15) is 5.56 Å². The highest BCUT2D eigenvalue weighted by molar-refractivity contribution is 5.92. The molecular weight excluding hydrogens is 267 g/mol. The highest BCUT2D eigenvalue weighted by Gasteiger charge is 2.07. The molecule has 106 valence electrons. The van der Waals surface area contributed by atoms with E-state index in [1.807, 2.05) is 42.0 Å². The van der Waals surface area contributed by atoms with Gasteiger partial charge in [-0.2, -0.15) is 0 Å². The second kappa shape index (κ2) is 5.40. The van der Waals surface area contributed by atoms with E-state index in [0.29, 0.717) is 5.69 Å². The van der Waals surface area contributed by atoms with E-state index in [-0.39, 0.29) is 18.3 Å². The van der Waals surface area contributed by atoms with Crippen molar-refractivity contribution in [1.82, 2.24) is 4.57 Å². The minimum absolute atomic E-state index is 0.181. The summed E-state index contributed by atoms with van der Waals surface area (Å²) in [7, 11) is 0. The van der Waals surface area contributed by atoms with Crippen LogP contribution in [0.25, 0.3) is 10.9 Å². The molecule has 4 heteroatoms. The molecule has 3 nitrogen and oxygen atoms in total. The molecule has 0 unspecified atom stereocenters. The quantitative estimate of drug-likeness (QED) is 0.780. The summed E-state index contributed by atoms with van der Waals surface area (Å²) in [4.78, 5) is 12.1. The molecule has 1 heterocycles. The molecule has 0 radical (unpaired) electrons. The number of carbonyl (C=O) groups is 1. The van der Waals surface area contributed by atoms with Crippen LogP contribution in [-0.2, 0) is 11.3 Å². The number of carbonyl (C=O) groups excluding carboxylic acids is 1. The van der Waals surface area contributed by atoms with E-state index in [1.165, 1.54) is 12.1 Å². The molecule has 2 aromatic carbocycles. The predicted molar refractivity (Wildman–Crippen MR) is 81.7 cm³/mol. The van der Waals surface area contributed by atoms with Gasteiger partial charge in [0.2, 0.25) is 5.91 Å². The number of aromatic nitrogens is 1. The zero-order valence-electron chi connectivity index (χ0n) is 11.6. The lowest BCUT2D eigenvalue weighted by Gasteiger charge is -2.08. The highest BCUT2D eigenvalue weighted by atomic mass is 19.1. The second-order valence-corrected chi connectivity index (χ2v) is 5.06. The molecule has 1 N–H and O–H groups in total. The lowest BCUT2D eigenvalue weighted by Crippen LogP contribution is -2.18. The van der Waals surface area contributed by atoms with Crippen LogP contribution in [-0.4, -0.2) is 10.5 Å². The molecule has 0 saturated carbocycles. The van der Waals surface area contributed by atoms with Crippen molar-refractivity contribution in [3.8, 4) is 0 Å². The van der Waals surface area contributed by atoms with Crippen molar-refractivity contribution in [1.29, 1.82) is 0 Å². The van der Waals surface area contributed by atoms with Crippen molar-refractivity contribution < 1.29 is 9.18 Å². The Morgan fingerprint density at radius 1 is 1.19 bits per heavy atom. The third-order valence-electron chi connectivity index (χ3n) is 3.35. The van der Waals surface area contributed by atoms with Gasteiger partial charge in [-0.3, -0.25) is 4.79 Å². The zero-order valence-corrected chi connectivity index (χ0v) is 11.6. The maximum absolute atomic E-state index is 13.1. The summed E-state index contributed by atoms with van der Waals surface area (Å²) in [6.45, 7) is 2.22. The van der Waals surface area contributed by atoms with Crippen molar-refractivity contribution in [2.24, 2.45) is 0 Å². The van der Waals surface area contributed by atoms with Crippen LogP contribution < -0.4 is 5.32 Å². The third kappa shape index (κ3) is 2.94. The summed E-state index contributed by atoms with van der Waals surface area (Å²) in [5.41, 5.74) is 2.63. The minimum Gasteiger partial charge on any atom is -0.338 e. The zero-order chi connectivity index (χ0) is 14.8. The van der Waals surface area contributed by atoms with Gasteiger partial charge in [-0.25, -0.2) is 4.39 Å². The number of rotatable bonds is 3. The van der Waals surface area contributed by atoms with Crippen LogP contribution in [0, 0.1) is 12.7 Å². The largest absolute Gasteiger partial charge is 0.338 e. The lowest BCUT2D eigenvalue weighted by atomic mass is 10.2. The Bertz CT molecular complexity index is 807. The first-order chi connectivity index (χ1) is 10.1. The first-order valence-corrected chi connectivity index (χ1v) is 6.73. The van der Waals surface area contributed by atoms with Crippen LogP contribution in [0.4, 0.5) is 10.1 Å². The van der Waals surface area contributed by atoms with Crippen LogP contribution >= 0.6 is 0 Å². The number of nitrogens with zero attached hydrogens (tertiary/aromatic N) is 1. The molecule has 0 spiro atoms. The smallest absolute Gasteiger partial charge is 0.244 e. The van der Waals surface area contributed by atoms with E-state index in [4.69, 9.17) is 0 Å². The van der Waals surface area contributed by atoms with Gasteiger partial charge in [0.05, 0.1) is 0 Å². The highest BCUT2D eigenvalue weighted by Crippen LogP contribution is 2.17. The Kier molecular flexibility index (Phi) is 3.44. The molecule has 0 bridgehead atoms. The summed E-state index contributed by atoms with van der Waals surface area (Å²) in [6, 6.07) is 14.0. The molecule has 1 aromatic heterocycles. The van der Waals surface area contributed by atoms with Gasteiger partial charge >= 0.3 is 0 Å².